The van der Waals surface area contributed by atoms with Gasteiger partial charge < -0.3 is 9.84 Å². The molecule has 0 spiro atoms. The zero-order valence-corrected chi connectivity index (χ0v) is 22.4. The van der Waals surface area contributed by atoms with Gasteiger partial charge in [0, 0.05) is 6.42 Å². The summed E-state index contributed by atoms with van der Waals surface area (Å²) in [4.78, 5) is 12.4. The van der Waals surface area contributed by atoms with Crippen molar-refractivity contribution in [3.63, 3.8) is 0 Å². The number of fused-ring (bicyclic) bond motifs is 5. The van der Waals surface area contributed by atoms with Gasteiger partial charge in [0.2, 0.25) is 0 Å². The molecule has 8 atom stereocenters. The zero-order chi connectivity index (χ0) is 24.0. The standard InChI is InChI=1S/C29H47ClO3/c1-19(2)7-6-8-20(3)23-11-12-24-22-10-9-21-17-29(32,26(31)33-18-30)16-15-27(21,4)25(22)13-14-28(23,24)5/h9,19-20,22-25,32H,6-8,10-18H2,1-5H3/t20-,22+,23-,24+,25+,27+,28-,29+/m1/s1. The molecule has 0 aromatic carbocycles. The van der Waals surface area contributed by atoms with E-state index in [-0.39, 0.29) is 11.5 Å². The number of hydrogen-bond acceptors (Lipinski definition) is 3. The molecule has 4 aliphatic rings. The Balaban J connectivity index is 1.49. The Morgan fingerprint density at radius 1 is 1.12 bits per heavy atom. The van der Waals surface area contributed by atoms with E-state index < -0.39 is 11.6 Å². The molecular weight excluding hydrogens is 432 g/mol. The van der Waals surface area contributed by atoms with Crippen LogP contribution >= 0.6 is 11.6 Å². The average molecular weight is 479 g/mol. The molecule has 188 valence electrons. The molecule has 0 aliphatic heterocycles. The fourth-order valence-corrected chi connectivity index (χ4v) is 9.13. The number of alkyl halides is 1. The van der Waals surface area contributed by atoms with E-state index in [0.717, 1.165) is 42.4 Å². The molecule has 3 fully saturated rings. The van der Waals surface area contributed by atoms with E-state index in [4.69, 9.17) is 16.3 Å². The van der Waals surface area contributed by atoms with Crippen LogP contribution in [0.2, 0.25) is 0 Å². The van der Waals surface area contributed by atoms with Crippen LogP contribution in [0, 0.1) is 46.3 Å². The Bertz CT molecular complexity index is 762. The number of aliphatic hydroxyl groups is 1. The van der Waals surface area contributed by atoms with Gasteiger partial charge in [-0.2, -0.15) is 0 Å². The van der Waals surface area contributed by atoms with Crippen LogP contribution < -0.4 is 0 Å². The second-order valence-corrected chi connectivity index (χ2v) is 13.3. The number of ether oxygens (including phenoxy) is 1. The third-order valence-corrected chi connectivity index (χ3v) is 11.0. The summed E-state index contributed by atoms with van der Waals surface area (Å²) in [6.45, 7) is 12.3. The highest BCUT2D eigenvalue weighted by Crippen LogP contribution is 2.67. The summed E-state index contributed by atoms with van der Waals surface area (Å²) in [6, 6.07) is -0.195. The lowest BCUT2D eigenvalue weighted by Crippen LogP contribution is -2.54. The molecule has 0 bridgehead atoms. The number of carbonyl (C=O) groups is 1. The summed E-state index contributed by atoms with van der Waals surface area (Å²) in [7, 11) is 0. The SMILES string of the molecule is CC(C)CCC[C@@H](C)[C@H]1CC[C@H]2[C@@H]3CC=C4C[C@](O)(C(=O)OCCl)CC[C@]4(C)[C@H]3CC[C@]12C. The lowest BCUT2D eigenvalue weighted by atomic mass is 9.46. The van der Waals surface area contributed by atoms with Crippen molar-refractivity contribution in [2.45, 2.75) is 111 Å². The molecule has 0 aromatic rings. The molecule has 3 nitrogen and oxygen atoms in total. The fourth-order valence-electron chi connectivity index (χ4n) is 9.03. The first-order valence-electron chi connectivity index (χ1n) is 13.7. The summed E-state index contributed by atoms with van der Waals surface area (Å²) in [5.41, 5.74) is 0.489. The predicted molar refractivity (Wildman–Crippen MR) is 135 cm³/mol. The Labute approximate surface area is 207 Å². The molecule has 0 radical (unpaired) electrons. The summed E-state index contributed by atoms with van der Waals surface area (Å²) < 4.78 is 5.00. The largest absolute Gasteiger partial charge is 0.447 e. The van der Waals surface area contributed by atoms with E-state index >= 15 is 0 Å². The quantitative estimate of drug-likeness (QED) is 0.234. The first-order valence-corrected chi connectivity index (χ1v) is 14.2. The molecule has 3 saturated carbocycles. The van der Waals surface area contributed by atoms with Crippen LogP contribution in [0.5, 0.6) is 0 Å². The smallest absolute Gasteiger partial charge is 0.339 e. The van der Waals surface area contributed by atoms with Gasteiger partial charge in [-0.25, -0.2) is 4.79 Å². The Kier molecular flexibility index (Phi) is 7.35. The lowest BCUT2D eigenvalue weighted by Gasteiger charge is -2.59. The maximum absolute atomic E-state index is 12.4. The van der Waals surface area contributed by atoms with Gasteiger partial charge in [-0.05, 0) is 91.3 Å². The molecule has 0 heterocycles. The topological polar surface area (TPSA) is 46.5 Å². The molecule has 4 heteroatoms. The van der Waals surface area contributed by atoms with Crippen LogP contribution in [0.1, 0.15) is 105 Å². The molecule has 1 N–H and O–H groups in total. The molecule has 0 unspecified atom stereocenters. The third kappa shape index (κ3) is 4.44. The van der Waals surface area contributed by atoms with Crippen molar-refractivity contribution in [2.75, 3.05) is 6.07 Å². The van der Waals surface area contributed by atoms with Crippen LogP contribution in [-0.2, 0) is 9.53 Å². The van der Waals surface area contributed by atoms with Crippen LogP contribution in [0.3, 0.4) is 0 Å². The number of allylic oxidation sites excluding steroid dienone is 1. The van der Waals surface area contributed by atoms with Crippen molar-refractivity contribution in [1.29, 1.82) is 0 Å². The van der Waals surface area contributed by atoms with E-state index in [0.29, 0.717) is 24.2 Å². The maximum Gasteiger partial charge on any atom is 0.339 e. The first kappa shape index (κ1) is 25.5. The van der Waals surface area contributed by atoms with Gasteiger partial charge in [0.05, 0.1) is 0 Å². The van der Waals surface area contributed by atoms with E-state index in [2.05, 4.69) is 40.7 Å². The van der Waals surface area contributed by atoms with Gasteiger partial charge >= 0.3 is 5.97 Å². The highest BCUT2D eigenvalue weighted by molar-refractivity contribution is 6.17. The Morgan fingerprint density at radius 3 is 2.58 bits per heavy atom. The van der Waals surface area contributed by atoms with E-state index in [9.17, 15) is 9.90 Å². The maximum atomic E-state index is 12.4. The number of halogens is 1. The van der Waals surface area contributed by atoms with Crippen molar-refractivity contribution < 1.29 is 14.6 Å². The zero-order valence-electron chi connectivity index (χ0n) is 21.7. The van der Waals surface area contributed by atoms with Crippen molar-refractivity contribution in [3.8, 4) is 0 Å². The minimum Gasteiger partial charge on any atom is -0.447 e. The third-order valence-electron chi connectivity index (χ3n) is 10.9. The molecule has 0 aromatic heterocycles. The van der Waals surface area contributed by atoms with Crippen molar-refractivity contribution in [1.82, 2.24) is 0 Å². The Hall–Kier alpha value is -0.540. The minimum atomic E-state index is -1.40. The molecular formula is C29H47ClO3. The second-order valence-electron chi connectivity index (χ2n) is 13.0. The Morgan fingerprint density at radius 2 is 1.88 bits per heavy atom. The van der Waals surface area contributed by atoms with Gasteiger partial charge in [0.1, 0.15) is 0 Å². The molecule has 0 saturated heterocycles. The van der Waals surface area contributed by atoms with Crippen LogP contribution in [-0.4, -0.2) is 22.7 Å². The molecule has 33 heavy (non-hydrogen) atoms. The molecule has 0 amide bonds. The fraction of sp³-hybridized carbons (Fsp3) is 0.897. The van der Waals surface area contributed by atoms with Gasteiger partial charge in [0.15, 0.2) is 11.7 Å². The van der Waals surface area contributed by atoms with E-state index in [1.54, 1.807) is 0 Å². The monoisotopic (exact) mass is 478 g/mol. The van der Waals surface area contributed by atoms with Crippen LogP contribution in [0.15, 0.2) is 11.6 Å². The highest BCUT2D eigenvalue weighted by Gasteiger charge is 2.60. The van der Waals surface area contributed by atoms with Crippen molar-refractivity contribution in [2.24, 2.45) is 46.3 Å². The summed E-state index contributed by atoms with van der Waals surface area (Å²) in [6.07, 6.45) is 14.9. The lowest BCUT2D eigenvalue weighted by molar-refractivity contribution is -0.168. The van der Waals surface area contributed by atoms with E-state index in [1.165, 1.54) is 50.5 Å². The first-order chi connectivity index (χ1) is 15.5. The van der Waals surface area contributed by atoms with Crippen molar-refractivity contribution >= 4 is 17.6 Å². The molecule has 4 aliphatic carbocycles. The normalized spacial score (nSPS) is 43.3. The summed E-state index contributed by atoms with van der Waals surface area (Å²) in [5, 5.41) is 11.0. The highest BCUT2D eigenvalue weighted by atomic mass is 35.5. The van der Waals surface area contributed by atoms with Gasteiger partial charge in [-0.1, -0.05) is 77.1 Å². The predicted octanol–water partition coefficient (Wildman–Crippen LogP) is 7.50. The van der Waals surface area contributed by atoms with Crippen molar-refractivity contribution in [3.05, 3.63) is 11.6 Å². The van der Waals surface area contributed by atoms with Gasteiger partial charge in [0.25, 0.3) is 0 Å². The minimum absolute atomic E-state index is 0.110. The second kappa shape index (κ2) is 9.49. The number of carbonyl (C=O) groups excluding carboxylic acids is 1. The van der Waals surface area contributed by atoms with Crippen LogP contribution in [0.25, 0.3) is 0 Å². The number of hydrogen-bond donors (Lipinski definition) is 1. The van der Waals surface area contributed by atoms with Gasteiger partial charge in [-0.15, -0.1) is 0 Å². The summed E-state index contributed by atoms with van der Waals surface area (Å²) in [5.74, 6) is 4.22. The molecule has 4 rings (SSSR count). The number of esters is 1. The van der Waals surface area contributed by atoms with Crippen LogP contribution in [0.4, 0.5) is 0 Å². The number of rotatable bonds is 7. The average Bonchev–Trinajstić information content (AvgIpc) is 3.11. The van der Waals surface area contributed by atoms with Gasteiger partial charge in [-0.3, -0.25) is 0 Å². The summed E-state index contributed by atoms with van der Waals surface area (Å²) >= 11 is 5.60. The van der Waals surface area contributed by atoms with E-state index in [1.807, 2.05) is 0 Å².